The summed E-state index contributed by atoms with van der Waals surface area (Å²) in [6.45, 7) is 0. The summed E-state index contributed by atoms with van der Waals surface area (Å²) in [6, 6.07) is 28.0. The summed E-state index contributed by atoms with van der Waals surface area (Å²) in [5.74, 6) is -0.497. The first-order valence-corrected chi connectivity index (χ1v) is 10.9. The third kappa shape index (κ3) is 4.25. The van der Waals surface area contributed by atoms with Crippen molar-refractivity contribution in [2.24, 2.45) is 0 Å². The molecule has 0 bridgehead atoms. The van der Waals surface area contributed by atoms with Crippen molar-refractivity contribution >= 4 is 30.3 Å². The summed E-state index contributed by atoms with van der Waals surface area (Å²) >= 11 is 0. The van der Waals surface area contributed by atoms with Gasteiger partial charge in [0.25, 0.3) is 0 Å². The Kier molecular flexibility index (Phi) is 5.62. The maximum atomic E-state index is 13.4. The molecule has 0 aromatic heterocycles. The molecule has 0 heterocycles. The Labute approximate surface area is 174 Å². The first-order chi connectivity index (χ1) is 14.4. The lowest BCUT2D eigenvalue weighted by atomic mass is 9.79. The molecule has 1 aliphatic carbocycles. The smallest absolute Gasteiger partial charge is 0.303 e. The summed E-state index contributed by atoms with van der Waals surface area (Å²) in [4.78, 5) is 32.1. The highest BCUT2D eigenvalue weighted by atomic mass is 31.2. The zero-order valence-corrected chi connectivity index (χ0v) is 16.8. The van der Waals surface area contributed by atoms with Gasteiger partial charge in [-0.1, -0.05) is 91.0 Å². The lowest BCUT2D eigenvalue weighted by molar-refractivity contribution is -0.119. The number of benzene rings is 3. The Bertz CT molecular complexity index is 1160. The van der Waals surface area contributed by atoms with E-state index in [0.29, 0.717) is 22.3 Å². The van der Waals surface area contributed by atoms with E-state index in [-0.39, 0.29) is 0 Å². The maximum Gasteiger partial charge on any atom is 0.470 e. The second-order valence-electron chi connectivity index (χ2n) is 6.81. The van der Waals surface area contributed by atoms with Gasteiger partial charge in [-0.15, -0.1) is 0 Å². The molecule has 3 aromatic rings. The Balaban J connectivity index is 2.02. The number of hydrogen-bond donors (Lipinski definition) is 2. The van der Waals surface area contributed by atoms with Crippen molar-refractivity contribution in [1.29, 1.82) is 0 Å². The molecule has 30 heavy (non-hydrogen) atoms. The number of allylic oxidation sites excluding steroid dienone is 2. The van der Waals surface area contributed by atoms with Crippen molar-refractivity contribution in [2.75, 3.05) is 0 Å². The van der Waals surface area contributed by atoms with Gasteiger partial charge >= 0.3 is 7.82 Å². The second-order valence-corrected chi connectivity index (χ2v) is 8.00. The highest BCUT2D eigenvalue weighted by Crippen LogP contribution is 2.46. The molecule has 3 aromatic carbocycles. The number of phosphoric ester groups is 1. The molecule has 0 spiro atoms. The fourth-order valence-corrected chi connectivity index (χ4v) is 4.04. The Morgan fingerprint density at radius 3 is 1.57 bits per heavy atom. The summed E-state index contributed by atoms with van der Waals surface area (Å²) < 4.78 is 16.4. The molecule has 0 aliphatic heterocycles. The predicted octanol–water partition coefficient (Wildman–Crippen LogP) is 4.74. The standard InChI is InChI=1S/C24H19O5P/c25-24-21(29-30(26,27)28)16-20(17-10-4-1-5-11-17)22(18-12-6-2-7-13-18)23(24)19-14-8-3-9-15-19/h1-16,21H,(H2,26,27,28). The minimum absolute atomic E-state index is 0.363. The number of ketones is 1. The quantitative estimate of drug-likeness (QED) is 0.585. The molecule has 1 unspecified atom stereocenters. The number of hydrogen-bond acceptors (Lipinski definition) is 3. The fraction of sp³-hybridized carbons (Fsp3) is 0.0417. The fourth-order valence-electron chi connectivity index (χ4n) is 3.59. The van der Waals surface area contributed by atoms with Crippen LogP contribution in [0.4, 0.5) is 0 Å². The van der Waals surface area contributed by atoms with Gasteiger partial charge in [-0.05, 0) is 28.3 Å². The summed E-state index contributed by atoms with van der Waals surface area (Å²) in [7, 11) is -4.89. The van der Waals surface area contributed by atoms with Crippen LogP contribution in [0.3, 0.4) is 0 Å². The van der Waals surface area contributed by atoms with Crippen LogP contribution in [0.15, 0.2) is 97.1 Å². The molecule has 4 rings (SSSR count). The first-order valence-electron chi connectivity index (χ1n) is 9.35. The largest absolute Gasteiger partial charge is 0.470 e. The second kappa shape index (κ2) is 8.34. The zero-order valence-electron chi connectivity index (χ0n) is 15.9. The Morgan fingerprint density at radius 2 is 1.10 bits per heavy atom. The molecule has 0 saturated carbocycles. The maximum absolute atomic E-state index is 13.4. The third-order valence-electron chi connectivity index (χ3n) is 4.80. The normalized spacial score (nSPS) is 17.1. The molecule has 0 radical (unpaired) electrons. The van der Waals surface area contributed by atoms with Gasteiger partial charge in [-0.2, -0.15) is 0 Å². The third-order valence-corrected chi connectivity index (χ3v) is 5.30. The minimum Gasteiger partial charge on any atom is -0.303 e. The highest BCUT2D eigenvalue weighted by molar-refractivity contribution is 7.46. The van der Waals surface area contributed by atoms with E-state index < -0.39 is 19.7 Å². The molecule has 1 aliphatic rings. The van der Waals surface area contributed by atoms with E-state index in [0.717, 1.165) is 11.1 Å². The van der Waals surface area contributed by atoms with Crippen LogP contribution in [0.2, 0.25) is 0 Å². The lowest BCUT2D eigenvalue weighted by Gasteiger charge is -2.27. The minimum atomic E-state index is -4.89. The van der Waals surface area contributed by atoms with E-state index in [1.54, 1.807) is 12.1 Å². The average molecular weight is 418 g/mol. The van der Waals surface area contributed by atoms with Gasteiger partial charge in [0.2, 0.25) is 0 Å². The van der Waals surface area contributed by atoms with Gasteiger partial charge in [-0.3, -0.25) is 9.32 Å². The van der Waals surface area contributed by atoms with Crippen LogP contribution >= 0.6 is 7.82 Å². The van der Waals surface area contributed by atoms with Gasteiger partial charge in [-0.25, -0.2) is 4.57 Å². The number of carbonyl (C=O) groups is 1. The molecule has 0 saturated heterocycles. The van der Waals surface area contributed by atoms with E-state index in [1.165, 1.54) is 6.08 Å². The van der Waals surface area contributed by atoms with Crippen LogP contribution in [0.5, 0.6) is 0 Å². The van der Waals surface area contributed by atoms with Crippen LogP contribution in [-0.2, 0) is 13.9 Å². The Hall–Kier alpha value is -3.08. The van der Waals surface area contributed by atoms with E-state index >= 15 is 0 Å². The van der Waals surface area contributed by atoms with Crippen molar-refractivity contribution in [2.45, 2.75) is 6.10 Å². The number of Topliss-reactive ketones (excluding diaryl/α,β-unsaturated/α-hetero) is 1. The van der Waals surface area contributed by atoms with E-state index in [2.05, 4.69) is 0 Å². The van der Waals surface area contributed by atoms with E-state index in [9.17, 15) is 19.1 Å². The SMILES string of the molecule is O=C1C(c2ccccc2)=C(c2ccccc2)C(c2ccccc2)=CC1OP(=O)(O)O. The van der Waals surface area contributed by atoms with Crippen LogP contribution < -0.4 is 0 Å². The predicted molar refractivity (Wildman–Crippen MR) is 116 cm³/mol. The number of carbonyl (C=O) groups excluding carboxylic acids is 1. The topological polar surface area (TPSA) is 83.8 Å². The van der Waals surface area contributed by atoms with Crippen molar-refractivity contribution in [3.63, 3.8) is 0 Å². The van der Waals surface area contributed by atoms with Crippen LogP contribution in [-0.4, -0.2) is 21.7 Å². The average Bonchev–Trinajstić information content (AvgIpc) is 2.75. The van der Waals surface area contributed by atoms with Crippen molar-refractivity contribution in [1.82, 2.24) is 0 Å². The molecule has 0 amide bonds. The highest BCUT2D eigenvalue weighted by Gasteiger charge is 2.36. The van der Waals surface area contributed by atoms with Gasteiger partial charge in [0.15, 0.2) is 11.9 Å². The van der Waals surface area contributed by atoms with E-state index in [4.69, 9.17) is 4.52 Å². The number of phosphoric acid groups is 1. The Morgan fingerprint density at radius 1 is 0.667 bits per heavy atom. The van der Waals surface area contributed by atoms with Crippen molar-refractivity contribution in [3.8, 4) is 0 Å². The molecular formula is C24H19O5P. The molecule has 1 atom stereocenters. The monoisotopic (exact) mass is 418 g/mol. The molecular weight excluding hydrogens is 399 g/mol. The van der Waals surface area contributed by atoms with E-state index in [1.807, 2.05) is 78.9 Å². The van der Waals surface area contributed by atoms with Gasteiger partial charge in [0.1, 0.15) is 0 Å². The zero-order chi connectivity index (χ0) is 21.1. The summed E-state index contributed by atoms with van der Waals surface area (Å²) in [5, 5.41) is 0. The first kappa shape index (κ1) is 20.2. The summed E-state index contributed by atoms with van der Waals surface area (Å²) in [5.41, 5.74) is 4.04. The van der Waals surface area contributed by atoms with Gasteiger partial charge < -0.3 is 9.79 Å². The van der Waals surface area contributed by atoms with Crippen LogP contribution in [0, 0.1) is 0 Å². The number of rotatable bonds is 5. The molecule has 5 nitrogen and oxygen atoms in total. The summed E-state index contributed by atoms with van der Waals surface area (Å²) in [6.07, 6.45) is 0.0923. The molecule has 150 valence electrons. The van der Waals surface area contributed by atoms with Crippen LogP contribution in [0.25, 0.3) is 16.7 Å². The molecule has 6 heteroatoms. The van der Waals surface area contributed by atoms with Crippen molar-refractivity contribution in [3.05, 3.63) is 114 Å². The lowest BCUT2D eigenvalue weighted by Crippen LogP contribution is -2.27. The molecule has 2 N–H and O–H groups in total. The molecule has 0 fully saturated rings. The van der Waals surface area contributed by atoms with Gasteiger partial charge in [0, 0.05) is 11.1 Å². The van der Waals surface area contributed by atoms with Crippen LogP contribution in [0.1, 0.15) is 16.7 Å². The van der Waals surface area contributed by atoms with Gasteiger partial charge in [0.05, 0.1) is 0 Å². The van der Waals surface area contributed by atoms with Crippen molar-refractivity contribution < 1.29 is 23.7 Å².